The standard InChI is InChI=1S/C28H31FN8O3/c29-23-3-2-20(40-16-9-36-7-12-38-13-8-36)17-22(23)25-26-21(5-6-31-25)27(30)35-28(34-26)33-19-1-4-24(32-18-19)37-10-14-39-15-11-37/h1-6,17-18H,7-16H2,(H3,30,33,34,35). The Morgan fingerprint density at radius 2 is 1.75 bits per heavy atom. The van der Waals surface area contributed by atoms with Crippen molar-refractivity contribution in [2.45, 2.75) is 0 Å². The van der Waals surface area contributed by atoms with E-state index in [9.17, 15) is 0 Å². The predicted octanol–water partition coefficient (Wildman–Crippen LogP) is 3.10. The smallest absolute Gasteiger partial charge is 0.229 e. The number of halogens is 1. The lowest BCUT2D eigenvalue weighted by atomic mass is 10.1. The van der Waals surface area contributed by atoms with E-state index >= 15 is 4.39 Å². The van der Waals surface area contributed by atoms with Gasteiger partial charge in [-0.05, 0) is 36.4 Å². The molecule has 12 heteroatoms. The summed E-state index contributed by atoms with van der Waals surface area (Å²) in [6.07, 6.45) is 3.29. The van der Waals surface area contributed by atoms with Gasteiger partial charge < -0.3 is 30.2 Å². The molecule has 0 aliphatic carbocycles. The van der Waals surface area contributed by atoms with Crippen molar-refractivity contribution in [2.75, 3.05) is 81.7 Å². The molecule has 0 atom stereocenters. The van der Waals surface area contributed by atoms with Crippen molar-refractivity contribution in [3.05, 3.63) is 54.6 Å². The van der Waals surface area contributed by atoms with Gasteiger partial charge in [0.2, 0.25) is 5.95 Å². The summed E-state index contributed by atoms with van der Waals surface area (Å²) in [7, 11) is 0. The molecular formula is C28H31FN8O3. The number of nitrogens with two attached hydrogens (primary N) is 1. The summed E-state index contributed by atoms with van der Waals surface area (Å²) >= 11 is 0. The quantitative estimate of drug-likeness (QED) is 0.339. The Balaban J connectivity index is 1.23. The number of nitrogens with one attached hydrogen (secondary N) is 1. The first-order valence-corrected chi connectivity index (χ1v) is 13.3. The summed E-state index contributed by atoms with van der Waals surface area (Å²) in [4.78, 5) is 22.6. The summed E-state index contributed by atoms with van der Waals surface area (Å²) in [5, 5.41) is 3.74. The van der Waals surface area contributed by atoms with Crippen LogP contribution in [0.4, 0.5) is 27.7 Å². The second-order valence-electron chi connectivity index (χ2n) is 9.56. The number of nitrogen functional groups attached to an aromatic ring is 1. The third-order valence-corrected chi connectivity index (χ3v) is 6.96. The minimum Gasteiger partial charge on any atom is -0.492 e. The van der Waals surface area contributed by atoms with Gasteiger partial charge in [-0.25, -0.2) is 14.4 Å². The van der Waals surface area contributed by atoms with Crippen molar-refractivity contribution in [3.63, 3.8) is 0 Å². The fourth-order valence-corrected chi connectivity index (χ4v) is 4.79. The van der Waals surface area contributed by atoms with E-state index in [1.54, 1.807) is 30.6 Å². The maximum absolute atomic E-state index is 15.1. The zero-order valence-electron chi connectivity index (χ0n) is 22.1. The van der Waals surface area contributed by atoms with E-state index in [-0.39, 0.29) is 17.3 Å². The van der Waals surface area contributed by atoms with Gasteiger partial charge in [0.1, 0.15) is 35.3 Å². The third kappa shape index (κ3) is 5.88. The molecule has 208 valence electrons. The number of benzene rings is 1. The molecule has 0 bridgehead atoms. The lowest BCUT2D eigenvalue weighted by Gasteiger charge is -2.27. The Hall–Kier alpha value is -4.13. The molecule has 40 heavy (non-hydrogen) atoms. The molecule has 11 nitrogen and oxygen atoms in total. The highest BCUT2D eigenvalue weighted by molar-refractivity contribution is 5.97. The lowest BCUT2D eigenvalue weighted by Crippen LogP contribution is -2.38. The van der Waals surface area contributed by atoms with Crippen molar-refractivity contribution in [3.8, 4) is 17.0 Å². The van der Waals surface area contributed by atoms with Crippen LogP contribution in [0.5, 0.6) is 5.75 Å². The monoisotopic (exact) mass is 546 g/mol. The number of morpholine rings is 2. The molecule has 2 fully saturated rings. The van der Waals surface area contributed by atoms with Crippen LogP contribution in [-0.4, -0.2) is 90.6 Å². The van der Waals surface area contributed by atoms with E-state index in [2.05, 4.69) is 35.1 Å². The Morgan fingerprint density at radius 3 is 2.52 bits per heavy atom. The van der Waals surface area contributed by atoms with Crippen LogP contribution < -0.4 is 20.7 Å². The zero-order chi connectivity index (χ0) is 27.3. The van der Waals surface area contributed by atoms with Crippen LogP contribution in [0.1, 0.15) is 0 Å². The first-order chi connectivity index (χ1) is 19.6. The Labute approximate surface area is 231 Å². The van der Waals surface area contributed by atoms with E-state index in [1.165, 1.54) is 6.07 Å². The van der Waals surface area contributed by atoms with E-state index in [1.807, 2.05) is 12.1 Å². The zero-order valence-corrected chi connectivity index (χ0v) is 22.1. The number of pyridine rings is 2. The van der Waals surface area contributed by atoms with Crippen molar-refractivity contribution < 1.29 is 18.6 Å². The van der Waals surface area contributed by atoms with Gasteiger partial charge in [-0.1, -0.05) is 0 Å². The Bertz CT molecular complexity index is 1460. The second kappa shape index (κ2) is 11.9. The van der Waals surface area contributed by atoms with Gasteiger partial charge in [0, 0.05) is 49.9 Å². The summed E-state index contributed by atoms with van der Waals surface area (Å²) in [5.74, 6) is 1.51. The Kier molecular flexibility index (Phi) is 7.80. The van der Waals surface area contributed by atoms with E-state index < -0.39 is 5.82 Å². The maximum Gasteiger partial charge on any atom is 0.229 e. The van der Waals surface area contributed by atoms with E-state index in [0.29, 0.717) is 47.9 Å². The molecule has 2 aliphatic heterocycles. The number of hydrogen-bond acceptors (Lipinski definition) is 11. The highest BCUT2D eigenvalue weighted by Gasteiger charge is 2.17. The molecule has 5 heterocycles. The molecular weight excluding hydrogens is 515 g/mol. The highest BCUT2D eigenvalue weighted by atomic mass is 19.1. The lowest BCUT2D eigenvalue weighted by molar-refractivity contribution is 0.0322. The van der Waals surface area contributed by atoms with Crippen LogP contribution in [-0.2, 0) is 9.47 Å². The van der Waals surface area contributed by atoms with Gasteiger partial charge in [-0.15, -0.1) is 0 Å². The van der Waals surface area contributed by atoms with Gasteiger partial charge in [0.15, 0.2) is 0 Å². The van der Waals surface area contributed by atoms with Gasteiger partial charge in [-0.3, -0.25) is 9.88 Å². The van der Waals surface area contributed by atoms with Crippen molar-refractivity contribution in [1.29, 1.82) is 0 Å². The number of hydrogen-bond donors (Lipinski definition) is 2. The summed E-state index contributed by atoms with van der Waals surface area (Å²) in [6, 6.07) is 10.2. The topological polar surface area (TPSA) is 124 Å². The highest BCUT2D eigenvalue weighted by Crippen LogP contribution is 2.33. The number of nitrogens with zero attached hydrogens (tertiary/aromatic N) is 6. The second-order valence-corrected chi connectivity index (χ2v) is 9.56. The molecule has 0 spiro atoms. The van der Waals surface area contributed by atoms with Gasteiger partial charge in [-0.2, -0.15) is 4.98 Å². The normalized spacial score (nSPS) is 16.3. The molecule has 2 aliphatic rings. The molecule has 0 saturated carbocycles. The molecule has 3 N–H and O–H groups in total. The molecule has 6 rings (SSSR count). The van der Waals surface area contributed by atoms with Crippen molar-refractivity contribution in [1.82, 2.24) is 24.8 Å². The van der Waals surface area contributed by atoms with Crippen molar-refractivity contribution in [2.24, 2.45) is 0 Å². The van der Waals surface area contributed by atoms with Gasteiger partial charge in [0.05, 0.1) is 44.0 Å². The van der Waals surface area contributed by atoms with Crippen LogP contribution in [0.2, 0.25) is 0 Å². The number of anilines is 4. The molecule has 2 saturated heterocycles. The van der Waals surface area contributed by atoms with Crippen molar-refractivity contribution >= 4 is 34.2 Å². The van der Waals surface area contributed by atoms with Crippen LogP contribution >= 0.6 is 0 Å². The van der Waals surface area contributed by atoms with Gasteiger partial charge >= 0.3 is 0 Å². The number of fused-ring (bicyclic) bond motifs is 1. The molecule has 3 aromatic heterocycles. The molecule has 0 amide bonds. The SMILES string of the molecule is Nc1nc(Nc2ccc(N3CCOCC3)nc2)nc2c(-c3cc(OCCN4CCOCC4)ccc3F)nccc12. The van der Waals surface area contributed by atoms with Crippen LogP contribution in [0.3, 0.4) is 0 Å². The fourth-order valence-electron chi connectivity index (χ4n) is 4.79. The van der Waals surface area contributed by atoms with E-state index in [0.717, 1.165) is 51.8 Å². The minimum atomic E-state index is -0.435. The number of aromatic nitrogens is 4. The molecule has 4 aromatic rings. The summed E-state index contributed by atoms with van der Waals surface area (Å²) in [6.45, 7) is 7.44. The first kappa shape index (κ1) is 26.1. The predicted molar refractivity (Wildman–Crippen MR) is 150 cm³/mol. The first-order valence-electron chi connectivity index (χ1n) is 13.3. The van der Waals surface area contributed by atoms with Crippen LogP contribution in [0.25, 0.3) is 22.2 Å². The summed E-state index contributed by atoms with van der Waals surface area (Å²) in [5.41, 5.74) is 8.05. The van der Waals surface area contributed by atoms with Crippen LogP contribution in [0.15, 0.2) is 48.8 Å². The van der Waals surface area contributed by atoms with Crippen LogP contribution in [0, 0.1) is 5.82 Å². The molecule has 0 unspecified atom stereocenters. The fraction of sp³-hybridized carbons (Fsp3) is 0.357. The number of rotatable bonds is 8. The maximum atomic E-state index is 15.1. The largest absolute Gasteiger partial charge is 0.492 e. The average molecular weight is 547 g/mol. The van der Waals surface area contributed by atoms with Gasteiger partial charge in [0.25, 0.3) is 0 Å². The summed E-state index contributed by atoms with van der Waals surface area (Å²) < 4.78 is 31.9. The minimum absolute atomic E-state index is 0.257. The molecule has 0 radical (unpaired) electrons. The van der Waals surface area contributed by atoms with E-state index in [4.69, 9.17) is 19.9 Å². The third-order valence-electron chi connectivity index (χ3n) is 6.96. The number of ether oxygens (including phenoxy) is 3. The Morgan fingerprint density at radius 1 is 0.950 bits per heavy atom. The average Bonchev–Trinajstić information content (AvgIpc) is 2.99. The molecule has 1 aromatic carbocycles.